The molecule has 0 fully saturated rings. The summed E-state index contributed by atoms with van der Waals surface area (Å²) in [7, 11) is -2.35. The average Bonchev–Trinajstić information content (AvgIpc) is 3.07. The molecule has 0 saturated heterocycles. The van der Waals surface area contributed by atoms with Gasteiger partial charge in [0.2, 0.25) is 11.6 Å². The fourth-order valence-corrected chi connectivity index (χ4v) is 6.45. The maximum atomic E-state index is 14.5. The molecule has 0 spiro atoms. The van der Waals surface area contributed by atoms with Crippen LogP contribution in [0.25, 0.3) is 12.2 Å². The van der Waals surface area contributed by atoms with Crippen LogP contribution in [0.3, 0.4) is 0 Å². The molecule has 0 bridgehead atoms. The van der Waals surface area contributed by atoms with Crippen LogP contribution in [-0.4, -0.2) is 22.6 Å². The Balaban J connectivity index is 1.97. The molecule has 0 heterocycles. The molecule has 4 nitrogen and oxygen atoms in total. The molecule has 0 radical (unpaired) electrons. The third-order valence-corrected chi connectivity index (χ3v) is 9.23. The van der Waals surface area contributed by atoms with Gasteiger partial charge in [-0.05, 0) is 35.4 Å². The lowest BCUT2D eigenvalue weighted by molar-refractivity contribution is 0.377. The highest BCUT2D eigenvalue weighted by Gasteiger charge is 2.35. The Bertz CT molecular complexity index is 1780. The molecule has 0 aliphatic heterocycles. The molecule has 0 aliphatic rings. The Morgan fingerprint density at radius 1 is 0.468 bits per heavy atom. The van der Waals surface area contributed by atoms with Crippen LogP contribution in [0.1, 0.15) is 32.8 Å². The van der Waals surface area contributed by atoms with Gasteiger partial charge < -0.3 is 9.47 Å². The van der Waals surface area contributed by atoms with Crippen molar-refractivity contribution in [3.8, 4) is 11.5 Å². The van der Waals surface area contributed by atoms with E-state index in [4.69, 9.17) is 9.47 Å². The Morgan fingerprint density at radius 2 is 0.723 bits per heavy atom. The summed E-state index contributed by atoms with van der Waals surface area (Å²) in [5.41, 5.74) is -3.25. The van der Waals surface area contributed by atoms with Crippen molar-refractivity contribution in [3.63, 3.8) is 0 Å². The van der Waals surface area contributed by atoms with Crippen molar-refractivity contribution in [2.75, 3.05) is 14.2 Å². The van der Waals surface area contributed by atoms with Crippen molar-refractivity contribution in [1.82, 2.24) is 0 Å². The summed E-state index contributed by atoms with van der Waals surface area (Å²) in [5, 5.41) is -3.98. The highest BCUT2D eigenvalue weighted by Crippen LogP contribution is 2.39. The number of benzene rings is 4. The third kappa shape index (κ3) is 6.70. The van der Waals surface area contributed by atoms with E-state index in [2.05, 4.69) is 0 Å². The smallest absolute Gasteiger partial charge is 0.200 e. The summed E-state index contributed by atoms with van der Waals surface area (Å²) in [6, 6.07) is 9.94. The number of hydrogen-bond donors (Lipinski definition) is 0. The number of methoxy groups -OCH3 is 2. The van der Waals surface area contributed by atoms with Crippen LogP contribution in [0.4, 0.5) is 43.9 Å². The molecule has 0 aromatic heterocycles. The second-order valence-corrected chi connectivity index (χ2v) is 11.9. The monoisotopic (exact) mass is 690 g/mol. The normalized spacial score (nSPS) is 13.4. The van der Waals surface area contributed by atoms with E-state index in [0.717, 1.165) is 0 Å². The summed E-state index contributed by atoms with van der Waals surface area (Å²) in [5.74, 6) is -22.7. The molecule has 0 N–H and O–H groups in total. The molecular formula is C32H20F10O4S. The van der Waals surface area contributed by atoms with Gasteiger partial charge in [0.25, 0.3) is 0 Å². The van der Waals surface area contributed by atoms with E-state index < -0.39 is 89.6 Å². The van der Waals surface area contributed by atoms with Crippen LogP contribution in [0, 0.1) is 58.2 Å². The van der Waals surface area contributed by atoms with Crippen LogP contribution in [0.15, 0.2) is 60.7 Å². The summed E-state index contributed by atoms with van der Waals surface area (Å²) >= 11 is 0. The number of halogens is 10. The van der Waals surface area contributed by atoms with Crippen LogP contribution in [-0.2, 0) is 9.84 Å². The van der Waals surface area contributed by atoms with Gasteiger partial charge in [-0.2, -0.15) is 0 Å². The van der Waals surface area contributed by atoms with Gasteiger partial charge in [0.15, 0.2) is 56.4 Å². The molecule has 2 unspecified atom stereocenters. The van der Waals surface area contributed by atoms with Gasteiger partial charge in [-0.3, -0.25) is 0 Å². The summed E-state index contributed by atoms with van der Waals surface area (Å²) in [6.07, 6.45) is 1.92. The van der Waals surface area contributed by atoms with Gasteiger partial charge in [-0.15, -0.1) is 0 Å². The number of ether oxygens (including phenoxy) is 2. The minimum atomic E-state index is -4.93. The van der Waals surface area contributed by atoms with Gasteiger partial charge in [-0.25, -0.2) is 52.3 Å². The molecule has 4 aromatic carbocycles. The third-order valence-electron chi connectivity index (χ3n) is 6.96. The first-order chi connectivity index (χ1) is 22.1. The molecule has 0 amide bonds. The largest absolute Gasteiger partial charge is 0.497 e. The first-order valence-corrected chi connectivity index (χ1v) is 14.7. The van der Waals surface area contributed by atoms with Gasteiger partial charge >= 0.3 is 0 Å². The lowest BCUT2D eigenvalue weighted by atomic mass is 10.1. The minimum Gasteiger partial charge on any atom is -0.497 e. The second-order valence-electron chi connectivity index (χ2n) is 9.66. The van der Waals surface area contributed by atoms with Crippen LogP contribution in [0.2, 0.25) is 0 Å². The first kappa shape index (κ1) is 35.1. The van der Waals surface area contributed by atoms with Gasteiger partial charge in [0.1, 0.15) is 22.0 Å². The van der Waals surface area contributed by atoms with Gasteiger partial charge in [0, 0.05) is 0 Å². The lowest BCUT2D eigenvalue weighted by Gasteiger charge is -2.22. The molecule has 2 atom stereocenters. The Hall–Kier alpha value is -4.79. The number of sulfone groups is 1. The molecule has 47 heavy (non-hydrogen) atoms. The molecule has 0 saturated carbocycles. The van der Waals surface area contributed by atoms with Crippen LogP contribution in [0.5, 0.6) is 11.5 Å². The maximum absolute atomic E-state index is 14.5. The Kier molecular flexibility index (Phi) is 10.4. The van der Waals surface area contributed by atoms with Gasteiger partial charge in [-0.1, -0.05) is 48.6 Å². The predicted octanol–water partition coefficient (Wildman–Crippen LogP) is 8.72. The van der Waals surface area contributed by atoms with E-state index in [1.165, 1.54) is 62.8 Å². The van der Waals surface area contributed by atoms with Crippen LogP contribution >= 0.6 is 0 Å². The fraction of sp³-hybridized carbons (Fsp3) is 0.125. The molecule has 4 rings (SSSR count). The van der Waals surface area contributed by atoms with Crippen molar-refractivity contribution in [2.24, 2.45) is 0 Å². The molecule has 15 heteroatoms. The SMILES string of the molecule is COc1ccc(C(/C=C/c2c(F)c(F)c(F)c(F)c2F)S(=O)(=O)C(/C=C/c2c(F)c(F)c(F)c(F)c2F)c2ccc(OC)cc2)cc1. The predicted molar refractivity (Wildman–Crippen MR) is 151 cm³/mol. The quantitative estimate of drug-likeness (QED) is 0.0950. The number of hydrogen-bond acceptors (Lipinski definition) is 4. The Morgan fingerprint density at radius 3 is 0.979 bits per heavy atom. The standard InChI is InChI=1S/C32H20F10O4S/c1-45-17-7-3-15(4-8-17)21(13-11-19-23(33)27(37)31(41)28(38)24(19)34)47(43,44)22(16-5-9-18(46-2)10-6-16)14-12-20-25(35)29(39)32(42)30(40)26(20)36/h3-14,21-22H,1-2H3/b13-11+,14-12+. The zero-order valence-electron chi connectivity index (χ0n) is 23.9. The Labute approximate surface area is 261 Å². The molecule has 4 aromatic rings. The highest BCUT2D eigenvalue weighted by molar-refractivity contribution is 7.92. The van der Waals surface area contributed by atoms with Crippen molar-refractivity contribution in [3.05, 3.63) is 141 Å². The zero-order chi connectivity index (χ0) is 34.8. The summed E-state index contributed by atoms with van der Waals surface area (Å²) < 4.78 is 180. The minimum absolute atomic E-state index is 0.144. The van der Waals surface area contributed by atoms with Crippen molar-refractivity contribution >= 4 is 22.0 Å². The van der Waals surface area contributed by atoms with E-state index in [-0.39, 0.29) is 22.6 Å². The maximum Gasteiger partial charge on any atom is 0.200 e. The molecule has 0 aliphatic carbocycles. The second kappa shape index (κ2) is 13.9. The van der Waals surface area contributed by atoms with Crippen LogP contribution < -0.4 is 9.47 Å². The van der Waals surface area contributed by atoms with E-state index in [1.54, 1.807) is 0 Å². The topological polar surface area (TPSA) is 52.6 Å². The summed E-state index contributed by atoms with van der Waals surface area (Å²) in [4.78, 5) is 0. The average molecular weight is 691 g/mol. The van der Waals surface area contributed by atoms with E-state index >= 15 is 0 Å². The van der Waals surface area contributed by atoms with Crippen molar-refractivity contribution in [2.45, 2.75) is 10.5 Å². The van der Waals surface area contributed by atoms with Gasteiger partial charge in [0.05, 0.1) is 25.3 Å². The molecule has 248 valence electrons. The van der Waals surface area contributed by atoms with E-state index in [1.807, 2.05) is 0 Å². The first-order valence-electron chi connectivity index (χ1n) is 13.1. The van der Waals surface area contributed by atoms with E-state index in [0.29, 0.717) is 24.3 Å². The fourth-order valence-electron chi connectivity index (χ4n) is 4.47. The van der Waals surface area contributed by atoms with Crippen molar-refractivity contribution < 1.29 is 61.8 Å². The van der Waals surface area contributed by atoms with E-state index in [9.17, 15) is 52.3 Å². The van der Waals surface area contributed by atoms with Crippen molar-refractivity contribution in [1.29, 1.82) is 0 Å². The summed E-state index contributed by atoms with van der Waals surface area (Å²) in [6.45, 7) is 0. The lowest BCUT2D eigenvalue weighted by Crippen LogP contribution is -2.19. The number of rotatable bonds is 10. The molecular weight excluding hydrogens is 670 g/mol. The highest BCUT2D eigenvalue weighted by atomic mass is 32.2. The zero-order valence-corrected chi connectivity index (χ0v) is 24.7.